The van der Waals surface area contributed by atoms with Crippen LogP contribution in [0.5, 0.6) is 0 Å². The van der Waals surface area contributed by atoms with E-state index in [2.05, 4.69) is 11.4 Å². The minimum atomic E-state index is -0.533. The van der Waals surface area contributed by atoms with Gasteiger partial charge in [0.2, 0.25) is 0 Å². The number of rotatable bonds is 5. The van der Waals surface area contributed by atoms with Crippen LogP contribution in [0.4, 0.5) is 5.00 Å². The van der Waals surface area contributed by atoms with Gasteiger partial charge in [0, 0.05) is 9.77 Å². The Balaban J connectivity index is 1.62. The average molecular weight is 372 g/mol. The molecule has 0 unspecified atom stereocenters. The molecule has 2 aromatic rings. The highest BCUT2D eigenvalue weighted by molar-refractivity contribution is 7.98. The Morgan fingerprint density at radius 3 is 2.92 bits per heavy atom. The molecular weight excluding hydrogens is 356 g/mol. The smallest absolute Gasteiger partial charge is 0.339 e. The summed E-state index contributed by atoms with van der Waals surface area (Å²) in [5.74, 6) is -0.972. The Labute approximate surface area is 154 Å². The quantitative estimate of drug-likeness (QED) is 0.640. The summed E-state index contributed by atoms with van der Waals surface area (Å²) in [4.78, 5) is 26.2. The van der Waals surface area contributed by atoms with Gasteiger partial charge < -0.3 is 10.1 Å². The summed E-state index contributed by atoms with van der Waals surface area (Å²) < 4.78 is 5.11. The van der Waals surface area contributed by atoms with Crippen molar-refractivity contribution in [2.24, 2.45) is 0 Å². The molecule has 1 aromatic heterocycles. The van der Waals surface area contributed by atoms with Crippen LogP contribution in [-0.4, -0.2) is 24.7 Å². The number of ether oxygens (including phenoxy) is 1. The molecule has 1 aromatic carbocycles. The van der Waals surface area contributed by atoms with Gasteiger partial charge in [0.25, 0.3) is 5.91 Å². The number of nitrogens with one attached hydrogen (secondary N) is 1. The second-order valence-corrected chi connectivity index (χ2v) is 7.45. The first-order valence-corrected chi connectivity index (χ1v) is 9.82. The van der Waals surface area contributed by atoms with Gasteiger partial charge in [-0.15, -0.1) is 23.1 Å². The third-order valence-corrected chi connectivity index (χ3v) is 5.95. The molecule has 1 aliphatic rings. The number of thiophene rings is 1. The molecule has 0 bridgehead atoms. The number of nitrogens with zero attached hydrogens (tertiary/aromatic N) is 1. The monoisotopic (exact) mass is 372 g/mol. The van der Waals surface area contributed by atoms with Gasteiger partial charge in [-0.2, -0.15) is 5.26 Å². The first-order valence-electron chi connectivity index (χ1n) is 7.78. The number of aryl methyl sites for hydroxylation is 1. The number of carbonyl (C=O) groups excluding carboxylic acids is 2. The SMILES string of the molecule is CSc1ccccc1C(=O)OCC(=O)Nc1sc2c(c1C#N)CCC2. The zero-order chi connectivity index (χ0) is 17.8. The average Bonchev–Trinajstić information content (AvgIpc) is 3.20. The number of amides is 1. The lowest BCUT2D eigenvalue weighted by molar-refractivity contribution is -0.119. The van der Waals surface area contributed by atoms with E-state index in [9.17, 15) is 14.9 Å². The molecule has 0 radical (unpaired) electrons. The van der Waals surface area contributed by atoms with Gasteiger partial charge in [-0.3, -0.25) is 4.79 Å². The van der Waals surface area contributed by atoms with E-state index in [-0.39, 0.29) is 6.61 Å². The van der Waals surface area contributed by atoms with Gasteiger partial charge in [0.05, 0.1) is 11.1 Å². The molecule has 0 atom stereocenters. The van der Waals surface area contributed by atoms with Crippen LogP contribution < -0.4 is 5.32 Å². The van der Waals surface area contributed by atoms with Crippen molar-refractivity contribution >= 4 is 40.0 Å². The molecule has 0 saturated carbocycles. The van der Waals surface area contributed by atoms with E-state index >= 15 is 0 Å². The van der Waals surface area contributed by atoms with E-state index in [1.165, 1.54) is 23.1 Å². The highest BCUT2D eigenvalue weighted by Crippen LogP contribution is 2.38. The summed E-state index contributed by atoms with van der Waals surface area (Å²) in [6.45, 7) is -0.380. The van der Waals surface area contributed by atoms with E-state index in [4.69, 9.17) is 4.74 Å². The predicted molar refractivity (Wildman–Crippen MR) is 98.2 cm³/mol. The standard InChI is InChI=1S/C18H16N2O3S2/c1-24-14-7-3-2-5-12(14)18(22)23-10-16(21)20-17-13(9-19)11-6-4-8-15(11)25-17/h2-3,5,7H,4,6,8,10H2,1H3,(H,20,21). The lowest BCUT2D eigenvalue weighted by atomic mass is 10.1. The number of hydrogen-bond acceptors (Lipinski definition) is 6. The Morgan fingerprint density at radius 1 is 1.36 bits per heavy atom. The van der Waals surface area contributed by atoms with Crippen LogP contribution in [0.15, 0.2) is 29.2 Å². The van der Waals surface area contributed by atoms with Gasteiger partial charge in [-0.1, -0.05) is 12.1 Å². The molecule has 0 spiro atoms. The number of esters is 1. The van der Waals surface area contributed by atoms with Crippen molar-refractivity contribution in [3.8, 4) is 6.07 Å². The second-order valence-electron chi connectivity index (χ2n) is 5.50. The number of benzene rings is 1. The summed E-state index contributed by atoms with van der Waals surface area (Å²) in [6.07, 6.45) is 4.75. The summed E-state index contributed by atoms with van der Waals surface area (Å²) in [5, 5.41) is 12.6. The second kappa shape index (κ2) is 7.72. The Morgan fingerprint density at radius 2 is 2.16 bits per heavy atom. The Kier molecular flexibility index (Phi) is 5.41. The number of anilines is 1. The van der Waals surface area contributed by atoms with Gasteiger partial charge in [0.15, 0.2) is 6.61 Å². The van der Waals surface area contributed by atoms with Crippen LogP contribution in [0.3, 0.4) is 0 Å². The molecule has 1 N–H and O–H groups in total. The van der Waals surface area contributed by atoms with Crippen LogP contribution in [-0.2, 0) is 22.4 Å². The predicted octanol–water partition coefficient (Wildman–Crippen LogP) is 3.63. The Hall–Kier alpha value is -2.30. The van der Waals surface area contributed by atoms with Crippen LogP contribution in [0.1, 0.15) is 32.8 Å². The number of nitriles is 1. The van der Waals surface area contributed by atoms with Crippen molar-refractivity contribution in [1.29, 1.82) is 5.26 Å². The largest absolute Gasteiger partial charge is 0.452 e. The molecule has 25 heavy (non-hydrogen) atoms. The van der Waals surface area contributed by atoms with E-state index in [1.54, 1.807) is 12.1 Å². The molecule has 5 nitrogen and oxygen atoms in total. The lowest BCUT2D eigenvalue weighted by Crippen LogP contribution is -2.21. The summed E-state index contributed by atoms with van der Waals surface area (Å²) in [6, 6.07) is 9.26. The minimum absolute atomic E-state index is 0.380. The van der Waals surface area contributed by atoms with Crippen molar-refractivity contribution in [2.75, 3.05) is 18.2 Å². The third kappa shape index (κ3) is 3.70. The highest BCUT2D eigenvalue weighted by atomic mass is 32.2. The molecule has 0 aliphatic heterocycles. The van der Waals surface area contributed by atoms with Crippen molar-refractivity contribution in [3.63, 3.8) is 0 Å². The number of hydrogen-bond donors (Lipinski definition) is 1. The molecule has 7 heteroatoms. The van der Waals surface area contributed by atoms with Gasteiger partial charge in [-0.05, 0) is 43.2 Å². The van der Waals surface area contributed by atoms with E-state index in [0.717, 1.165) is 34.6 Å². The third-order valence-electron chi connectivity index (χ3n) is 3.95. The van der Waals surface area contributed by atoms with Crippen LogP contribution in [0.25, 0.3) is 0 Å². The molecule has 1 heterocycles. The molecule has 0 fully saturated rings. The molecule has 3 rings (SSSR count). The summed E-state index contributed by atoms with van der Waals surface area (Å²) in [7, 11) is 0. The maximum absolute atomic E-state index is 12.2. The molecular formula is C18H16N2O3S2. The zero-order valence-electron chi connectivity index (χ0n) is 13.6. The lowest BCUT2D eigenvalue weighted by Gasteiger charge is -2.08. The summed E-state index contributed by atoms with van der Waals surface area (Å²) >= 11 is 2.88. The van der Waals surface area contributed by atoms with Crippen LogP contribution >= 0.6 is 23.1 Å². The normalized spacial score (nSPS) is 12.3. The fourth-order valence-electron chi connectivity index (χ4n) is 2.80. The number of thioether (sulfide) groups is 1. The Bertz CT molecular complexity index is 868. The fourth-order valence-corrected chi connectivity index (χ4v) is 4.64. The van der Waals surface area contributed by atoms with Crippen molar-refractivity contribution in [1.82, 2.24) is 0 Å². The summed E-state index contributed by atoms with van der Waals surface area (Å²) in [5.41, 5.74) is 2.04. The molecule has 128 valence electrons. The van der Waals surface area contributed by atoms with Crippen LogP contribution in [0.2, 0.25) is 0 Å². The maximum Gasteiger partial charge on any atom is 0.339 e. The number of carbonyl (C=O) groups is 2. The minimum Gasteiger partial charge on any atom is -0.452 e. The van der Waals surface area contributed by atoms with E-state index in [1.807, 2.05) is 18.4 Å². The molecule has 1 amide bonds. The van der Waals surface area contributed by atoms with Crippen LogP contribution in [0, 0.1) is 11.3 Å². The fraction of sp³-hybridized carbons (Fsp3) is 0.278. The van der Waals surface area contributed by atoms with E-state index < -0.39 is 11.9 Å². The molecule has 0 saturated heterocycles. The number of fused-ring (bicyclic) bond motifs is 1. The maximum atomic E-state index is 12.2. The van der Waals surface area contributed by atoms with E-state index in [0.29, 0.717) is 16.1 Å². The van der Waals surface area contributed by atoms with Crippen molar-refractivity contribution < 1.29 is 14.3 Å². The first-order chi connectivity index (χ1) is 12.1. The zero-order valence-corrected chi connectivity index (χ0v) is 15.3. The van der Waals surface area contributed by atoms with Gasteiger partial charge >= 0.3 is 5.97 Å². The molecule has 1 aliphatic carbocycles. The van der Waals surface area contributed by atoms with Gasteiger partial charge in [-0.25, -0.2) is 4.79 Å². The van der Waals surface area contributed by atoms with Gasteiger partial charge in [0.1, 0.15) is 11.1 Å². The van der Waals surface area contributed by atoms with Crippen molar-refractivity contribution in [3.05, 3.63) is 45.8 Å². The highest BCUT2D eigenvalue weighted by Gasteiger charge is 2.23. The topological polar surface area (TPSA) is 79.2 Å². The first kappa shape index (κ1) is 17.5. The van der Waals surface area contributed by atoms with Crippen molar-refractivity contribution in [2.45, 2.75) is 24.2 Å².